The van der Waals surface area contributed by atoms with Gasteiger partial charge >= 0.3 is 20.0 Å². The Kier molecular flexibility index (Phi) is 6.97. The van der Waals surface area contributed by atoms with Crippen LogP contribution in [0, 0.1) is 0 Å². The standard InChI is InChI=1S/C20H25O6P/c21-19(25-14-8-3-1-4-9-14)16-12-7-13-17(27(23)24)18(16)20(22)26-15-10-5-2-6-11-15/h7,12-15H,1-6,8-11H2. The van der Waals surface area contributed by atoms with Gasteiger partial charge in [0.05, 0.1) is 5.56 Å². The molecule has 2 aliphatic carbocycles. The normalized spacial score (nSPS) is 19.4. The molecule has 0 aliphatic heterocycles. The second-order valence-electron chi connectivity index (χ2n) is 7.29. The Morgan fingerprint density at radius 1 is 0.852 bits per heavy atom. The van der Waals surface area contributed by atoms with Crippen LogP contribution in [-0.2, 0) is 14.0 Å². The van der Waals surface area contributed by atoms with Gasteiger partial charge in [-0.1, -0.05) is 23.5 Å². The van der Waals surface area contributed by atoms with Crippen LogP contribution in [0.1, 0.15) is 84.9 Å². The van der Waals surface area contributed by atoms with Crippen LogP contribution in [0.5, 0.6) is 0 Å². The molecule has 1 unspecified atom stereocenters. The highest BCUT2D eigenvalue weighted by Gasteiger charge is 2.32. The molecule has 0 aromatic heterocycles. The topological polar surface area (TPSA) is 92.7 Å². The van der Waals surface area contributed by atoms with Crippen molar-refractivity contribution in [2.45, 2.75) is 76.4 Å². The third-order valence-corrected chi connectivity index (χ3v) is 6.08. The molecule has 2 saturated carbocycles. The lowest BCUT2D eigenvalue weighted by atomic mass is 9.97. The third kappa shape index (κ3) is 5.14. The number of carbonyl (C=O) groups excluding carboxylic acids is 2. The fraction of sp³-hybridized carbons (Fsp3) is 0.600. The van der Waals surface area contributed by atoms with Crippen molar-refractivity contribution in [2.75, 3.05) is 0 Å². The van der Waals surface area contributed by atoms with E-state index < -0.39 is 20.0 Å². The van der Waals surface area contributed by atoms with E-state index in [0.717, 1.165) is 64.2 Å². The number of hydrogen-bond donors (Lipinski definition) is 0. The molecule has 0 radical (unpaired) electrons. The van der Waals surface area contributed by atoms with Crippen LogP contribution in [0.4, 0.5) is 0 Å². The summed E-state index contributed by atoms with van der Waals surface area (Å²) in [6.07, 6.45) is 8.89. The average Bonchev–Trinajstić information content (AvgIpc) is 2.68. The molecule has 7 heteroatoms. The highest BCUT2D eigenvalue weighted by Crippen LogP contribution is 2.26. The van der Waals surface area contributed by atoms with Gasteiger partial charge in [0.15, 0.2) is 0 Å². The Bertz CT molecular complexity index is 704. The van der Waals surface area contributed by atoms with Crippen molar-refractivity contribution in [2.24, 2.45) is 0 Å². The Morgan fingerprint density at radius 3 is 1.89 bits per heavy atom. The monoisotopic (exact) mass is 392 g/mol. The number of carbonyl (C=O) groups is 2. The van der Waals surface area contributed by atoms with Gasteiger partial charge in [0.1, 0.15) is 17.8 Å². The van der Waals surface area contributed by atoms with Gasteiger partial charge in [0.2, 0.25) is 5.30 Å². The van der Waals surface area contributed by atoms with Gasteiger partial charge < -0.3 is 14.4 Å². The van der Waals surface area contributed by atoms with Gasteiger partial charge in [-0.2, -0.15) is 0 Å². The zero-order valence-electron chi connectivity index (χ0n) is 15.4. The van der Waals surface area contributed by atoms with Crippen LogP contribution in [0.15, 0.2) is 18.2 Å². The lowest BCUT2D eigenvalue weighted by Crippen LogP contribution is -2.29. The first-order valence-electron chi connectivity index (χ1n) is 9.75. The third-order valence-electron chi connectivity index (χ3n) is 5.32. The summed E-state index contributed by atoms with van der Waals surface area (Å²) in [6, 6.07) is 4.21. The molecule has 0 spiro atoms. The average molecular weight is 392 g/mol. The van der Waals surface area contributed by atoms with Crippen LogP contribution in [-0.4, -0.2) is 24.1 Å². The Labute approximate surface area is 160 Å². The van der Waals surface area contributed by atoms with Crippen LogP contribution in [0.3, 0.4) is 0 Å². The van der Waals surface area contributed by atoms with E-state index in [9.17, 15) is 19.0 Å². The van der Waals surface area contributed by atoms with E-state index in [2.05, 4.69) is 0 Å². The van der Waals surface area contributed by atoms with E-state index in [-0.39, 0.29) is 28.6 Å². The van der Waals surface area contributed by atoms with Crippen molar-refractivity contribution in [3.63, 3.8) is 0 Å². The van der Waals surface area contributed by atoms with Gasteiger partial charge in [-0.25, -0.2) is 9.59 Å². The molecule has 2 fully saturated rings. The second kappa shape index (κ2) is 9.43. The first-order chi connectivity index (χ1) is 13.1. The van der Waals surface area contributed by atoms with E-state index >= 15 is 0 Å². The highest BCUT2D eigenvalue weighted by molar-refractivity contribution is 7.46. The number of hydrogen-bond acceptors (Lipinski definition) is 6. The molecule has 3 rings (SSSR count). The first-order valence-corrected chi connectivity index (χ1v) is 10.9. The van der Waals surface area contributed by atoms with Gasteiger partial charge in [0.25, 0.3) is 0 Å². The van der Waals surface area contributed by atoms with Crippen molar-refractivity contribution in [3.8, 4) is 0 Å². The molecular formula is C20H25O6P. The second-order valence-corrected chi connectivity index (χ2v) is 8.28. The summed E-state index contributed by atoms with van der Waals surface area (Å²) >= 11 is 0. The van der Waals surface area contributed by atoms with Crippen LogP contribution in [0.25, 0.3) is 0 Å². The quantitative estimate of drug-likeness (QED) is 0.563. The molecule has 1 aromatic rings. The molecule has 1 atom stereocenters. The predicted molar refractivity (Wildman–Crippen MR) is 98.3 cm³/mol. The molecule has 0 amide bonds. The largest absolute Gasteiger partial charge is 0.591 e. The summed E-state index contributed by atoms with van der Waals surface area (Å²) in [4.78, 5) is 37.1. The summed E-state index contributed by atoms with van der Waals surface area (Å²) in [5.41, 5.74) is -0.224. The lowest BCUT2D eigenvalue weighted by molar-refractivity contribution is -0.160. The molecule has 0 heterocycles. The molecular weight excluding hydrogens is 367 g/mol. The molecule has 6 nitrogen and oxygen atoms in total. The molecule has 0 saturated heterocycles. The minimum Gasteiger partial charge on any atom is -0.591 e. The maximum absolute atomic E-state index is 12.8. The van der Waals surface area contributed by atoms with E-state index in [0.29, 0.717) is 0 Å². The zero-order valence-corrected chi connectivity index (χ0v) is 16.2. The summed E-state index contributed by atoms with van der Waals surface area (Å²) in [5, 5.41) is -0.191. The smallest absolute Gasteiger partial charge is 0.349 e. The number of esters is 2. The van der Waals surface area contributed by atoms with Gasteiger partial charge in [-0.3, -0.25) is 0 Å². The van der Waals surface area contributed by atoms with Crippen molar-refractivity contribution in [3.05, 3.63) is 29.3 Å². The predicted octanol–water partition coefficient (Wildman–Crippen LogP) is 3.39. The number of ether oxygens (including phenoxy) is 2. The maximum atomic E-state index is 12.8. The summed E-state index contributed by atoms with van der Waals surface area (Å²) < 4.78 is 22.7. The van der Waals surface area contributed by atoms with Crippen molar-refractivity contribution >= 4 is 25.3 Å². The van der Waals surface area contributed by atoms with Crippen molar-refractivity contribution in [1.82, 2.24) is 0 Å². The Morgan fingerprint density at radius 2 is 1.37 bits per heavy atom. The van der Waals surface area contributed by atoms with Gasteiger partial charge in [-0.15, -0.1) is 0 Å². The van der Waals surface area contributed by atoms with E-state index in [1.165, 1.54) is 18.2 Å². The number of benzene rings is 1. The molecule has 0 N–H and O–H groups in total. The molecule has 1 aromatic carbocycles. The van der Waals surface area contributed by atoms with E-state index in [4.69, 9.17) is 9.47 Å². The summed E-state index contributed by atoms with van der Waals surface area (Å²) in [6.45, 7) is 0. The molecule has 27 heavy (non-hydrogen) atoms. The highest BCUT2D eigenvalue weighted by atomic mass is 31.1. The van der Waals surface area contributed by atoms with Crippen molar-refractivity contribution < 1.29 is 28.5 Å². The molecule has 2 aliphatic rings. The minimum atomic E-state index is -3.04. The first kappa shape index (κ1) is 20.0. The SMILES string of the molecule is O=C(OC1CCCCC1)c1cccc([P+](=O)[O-])c1C(=O)OC1CCCCC1. The lowest BCUT2D eigenvalue weighted by Gasteiger charge is -2.23. The Balaban J connectivity index is 1.83. The fourth-order valence-electron chi connectivity index (χ4n) is 3.87. The van der Waals surface area contributed by atoms with Crippen LogP contribution in [0.2, 0.25) is 0 Å². The van der Waals surface area contributed by atoms with Gasteiger partial charge in [-0.05, 0) is 63.5 Å². The zero-order chi connectivity index (χ0) is 19.2. The van der Waals surface area contributed by atoms with E-state index in [1.54, 1.807) is 0 Å². The maximum Gasteiger partial charge on any atom is 0.349 e. The van der Waals surface area contributed by atoms with Gasteiger partial charge in [0, 0.05) is 0 Å². The number of rotatable bonds is 5. The van der Waals surface area contributed by atoms with Crippen LogP contribution < -0.4 is 10.2 Å². The minimum absolute atomic E-state index is 0.0296. The summed E-state index contributed by atoms with van der Waals surface area (Å²) in [5.74, 6) is -1.41. The summed E-state index contributed by atoms with van der Waals surface area (Å²) in [7, 11) is -3.04. The van der Waals surface area contributed by atoms with Crippen LogP contribution >= 0.6 is 8.03 Å². The van der Waals surface area contributed by atoms with E-state index in [1.807, 2.05) is 0 Å². The fourth-order valence-corrected chi connectivity index (χ4v) is 4.47. The van der Waals surface area contributed by atoms with Crippen molar-refractivity contribution in [1.29, 1.82) is 0 Å². The molecule has 146 valence electrons. The molecule has 0 bridgehead atoms. The Hall–Kier alpha value is -1.78.